The lowest BCUT2D eigenvalue weighted by atomic mass is 10.0. The van der Waals surface area contributed by atoms with Gasteiger partial charge in [0.1, 0.15) is 5.56 Å². The summed E-state index contributed by atoms with van der Waals surface area (Å²) >= 11 is 0. The topological polar surface area (TPSA) is 102 Å². The van der Waals surface area contributed by atoms with Crippen molar-refractivity contribution < 1.29 is 19.1 Å². The minimum absolute atomic E-state index is 0.141. The maximum absolute atomic E-state index is 12.5. The average Bonchev–Trinajstić information content (AvgIpc) is 3.24. The largest absolute Gasteiger partial charge is 0.462 e. The van der Waals surface area contributed by atoms with Crippen molar-refractivity contribution in [3.05, 3.63) is 95.3 Å². The molecular weight excluding hydrogens is 432 g/mol. The molecule has 0 atom stereocenters. The zero-order chi connectivity index (χ0) is 24.1. The quantitative estimate of drug-likeness (QED) is 0.341. The summed E-state index contributed by atoms with van der Waals surface area (Å²) in [7, 11) is 0. The van der Waals surface area contributed by atoms with Gasteiger partial charge in [0.05, 0.1) is 30.6 Å². The van der Waals surface area contributed by atoms with E-state index in [4.69, 9.17) is 4.74 Å². The predicted molar refractivity (Wildman–Crippen MR) is 128 cm³/mol. The summed E-state index contributed by atoms with van der Waals surface area (Å²) in [6, 6.07) is 20.3. The van der Waals surface area contributed by atoms with Crippen molar-refractivity contribution in [1.82, 2.24) is 20.6 Å². The second-order valence-corrected chi connectivity index (χ2v) is 7.64. The molecule has 0 fully saturated rings. The summed E-state index contributed by atoms with van der Waals surface area (Å²) in [5.41, 5.74) is 7.87. The molecule has 0 spiro atoms. The monoisotopic (exact) mass is 456 g/mol. The zero-order valence-corrected chi connectivity index (χ0v) is 18.9. The minimum Gasteiger partial charge on any atom is -0.462 e. The molecule has 0 saturated heterocycles. The minimum atomic E-state index is -0.442. The Morgan fingerprint density at radius 3 is 2.44 bits per heavy atom. The lowest BCUT2D eigenvalue weighted by molar-refractivity contribution is -0.121. The number of rotatable bonds is 6. The fourth-order valence-corrected chi connectivity index (χ4v) is 3.70. The highest BCUT2D eigenvalue weighted by molar-refractivity contribution is 5.96. The Kier molecular flexibility index (Phi) is 6.68. The molecule has 2 N–H and O–H groups in total. The highest BCUT2D eigenvalue weighted by Gasteiger charge is 2.16. The summed E-state index contributed by atoms with van der Waals surface area (Å²) in [5.74, 6) is -1.19. The number of carbonyl (C=O) groups excluding carboxylic acids is 3. The summed E-state index contributed by atoms with van der Waals surface area (Å²) in [6.45, 7) is 3.80. The maximum Gasteiger partial charge on any atom is 0.341 e. The van der Waals surface area contributed by atoms with E-state index in [1.807, 2.05) is 42.5 Å². The maximum atomic E-state index is 12.5. The van der Waals surface area contributed by atoms with Gasteiger partial charge < -0.3 is 4.74 Å². The van der Waals surface area contributed by atoms with Crippen LogP contribution in [0.25, 0.3) is 16.5 Å². The normalized spacial score (nSPS) is 10.6. The van der Waals surface area contributed by atoms with Crippen LogP contribution in [0.1, 0.15) is 38.9 Å². The van der Waals surface area contributed by atoms with E-state index in [1.54, 1.807) is 42.8 Å². The predicted octanol–water partition coefficient (Wildman–Crippen LogP) is 3.51. The van der Waals surface area contributed by atoms with Crippen LogP contribution in [0.5, 0.6) is 0 Å². The molecule has 4 rings (SSSR count). The highest BCUT2D eigenvalue weighted by Crippen LogP contribution is 2.19. The van der Waals surface area contributed by atoms with Crippen LogP contribution in [0, 0.1) is 6.92 Å². The number of esters is 1. The zero-order valence-electron chi connectivity index (χ0n) is 18.9. The molecule has 172 valence electrons. The van der Waals surface area contributed by atoms with Gasteiger partial charge in [0.2, 0.25) is 5.91 Å². The van der Waals surface area contributed by atoms with Gasteiger partial charge in [0, 0.05) is 5.56 Å². The Balaban J connectivity index is 1.38. The van der Waals surface area contributed by atoms with Crippen LogP contribution >= 0.6 is 0 Å². The van der Waals surface area contributed by atoms with E-state index >= 15 is 0 Å². The number of ether oxygens (including phenoxy) is 1. The Labute approximate surface area is 196 Å². The first-order valence-corrected chi connectivity index (χ1v) is 10.9. The molecule has 0 radical (unpaired) electrons. The lowest BCUT2D eigenvalue weighted by Crippen LogP contribution is -2.42. The Bertz CT molecular complexity index is 1350. The molecule has 0 aliphatic carbocycles. The molecule has 34 heavy (non-hydrogen) atoms. The summed E-state index contributed by atoms with van der Waals surface area (Å²) in [4.78, 5) is 36.9. The number of fused-ring (bicyclic) bond motifs is 1. The van der Waals surface area contributed by atoms with Gasteiger partial charge in [0.15, 0.2) is 0 Å². The van der Waals surface area contributed by atoms with E-state index in [0.29, 0.717) is 22.5 Å². The van der Waals surface area contributed by atoms with E-state index in [9.17, 15) is 14.4 Å². The molecule has 8 heteroatoms. The van der Waals surface area contributed by atoms with Crippen molar-refractivity contribution in [3.63, 3.8) is 0 Å². The third-order valence-electron chi connectivity index (χ3n) is 5.43. The van der Waals surface area contributed by atoms with Crippen LogP contribution in [0.15, 0.2) is 72.9 Å². The van der Waals surface area contributed by atoms with E-state index < -0.39 is 11.9 Å². The van der Waals surface area contributed by atoms with E-state index in [-0.39, 0.29) is 18.9 Å². The smallest absolute Gasteiger partial charge is 0.341 e. The fraction of sp³-hybridized carbons (Fsp3) is 0.154. The highest BCUT2D eigenvalue weighted by atomic mass is 16.5. The number of hydrazine groups is 1. The van der Waals surface area contributed by atoms with E-state index in [1.165, 1.54) is 6.20 Å². The van der Waals surface area contributed by atoms with Crippen molar-refractivity contribution in [1.29, 1.82) is 0 Å². The second-order valence-electron chi connectivity index (χ2n) is 7.64. The molecule has 3 aromatic carbocycles. The summed E-state index contributed by atoms with van der Waals surface area (Å²) in [6.07, 6.45) is 1.60. The Morgan fingerprint density at radius 1 is 0.941 bits per heavy atom. The first-order valence-electron chi connectivity index (χ1n) is 10.9. The van der Waals surface area contributed by atoms with Crippen molar-refractivity contribution in [2.45, 2.75) is 20.3 Å². The van der Waals surface area contributed by atoms with Crippen molar-refractivity contribution >= 4 is 28.6 Å². The van der Waals surface area contributed by atoms with Gasteiger partial charge in [-0.3, -0.25) is 20.4 Å². The standard InChI is InChI=1S/C26H24N4O4/c1-3-34-26(33)23-16-27-30(17(23)2)21-13-11-19(12-14-21)25(32)29-28-24(31)15-20-9-6-8-18-7-4-5-10-22(18)20/h4-14,16H,3,15H2,1-2H3,(H,28,31)(H,29,32). The van der Waals surface area contributed by atoms with Crippen molar-refractivity contribution in [2.24, 2.45) is 0 Å². The molecule has 8 nitrogen and oxygen atoms in total. The lowest BCUT2D eigenvalue weighted by Gasteiger charge is -2.10. The number of hydrogen-bond donors (Lipinski definition) is 2. The van der Waals surface area contributed by atoms with Crippen LogP contribution < -0.4 is 10.9 Å². The van der Waals surface area contributed by atoms with Gasteiger partial charge in [-0.2, -0.15) is 5.10 Å². The first-order chi connectivity index (χ1) is 16.5. The molecule has 0 unspecified atom stereocenters. The van der Waals surface area contributed by atoms with Crippen LogP contribution in [-0.2, 0) is 16.0 Å². The number of carbonyl (C=O) groups is 3. The number of nitrogens with zero attached hydrogens (tertiary/aromatic N) is 2. The van der Waals surface area contributed by atoms with Gasteiger partial charge in [0.25, 0.3) is 5.91 Å². The van der Waals surface area contributed by atoms with Crippen molar-refractivity contribution in [3.8, 4) is 5.69 Å². The molecule has 1 heterocycles. The van der Waals surface area contributed by atoms with E-state index in [0.717, 1.165) is 16.3 Å². The van der Waals surface area contributed by atoms with E-state index in [2.05, 4.69) is 16.0 Å². The molecule has 0 aliphatic rings. The fourth-order valence-electron chi connectivity index (χ4n) is 3.70. The molecular formula is C26H24N4O4. The second kappa shape index (κ2) is 9.99. The number of benzene rings is 3. The van der Waals surface area contributed by atoms with Crippen LogP contribution in [0.4, 0.5) is 0 Å². The van der Waals surface area contributed by atoms with Gasteiger partial charge in [-0.1, -0.05) is 42.5 Å². The molecule has 1 aromatic heterocycles. The number of amides is 2. The van der Waals surface area contributed by atoms with Crippen LogP contribution in [0.2, 0.25) is 0 Å². The van der Waals surface area contributed by atoms with Gasteiger partial charge in [-0.15, -0.1) is 0 Å². The average molecular weight is 457 g/mol. The third-order valence-corrected chi connectivity index (χ3v) is 5.43. The van der Waals surface area contributed by atoms with Gasteiger partial charge in [-0.25, -0.2) is 9.48 Å². The first kappa shape index (κ1) is 22.7. The third kappa shape index (κ3) is 4.80. The van der Waals surface area contributed by atoms with Crippen LogP contribution in [-0.4, -0.2) is 34.2 Å². The van der Waals surface area contributed by atoms with Gasteiger partial charge in [-0.05, 0) is 54.4 Å². The SMILES string of the molecule is CCOC(=O)c1cnn(-c2ccc(C(=O)NNC(=O)Cc3cccc4ccccc34)cc2)c1C. The molecule has 0 saturated carbocycles. The summed E-state index contributed by atoms with van der Waals surface area (Å²) in [5, 5.41) is 6.30. The Hall–Kier alpha value is -4.46. The summed E-state index contributed by atoms with van der Waals surface area (Å²) < 4.78 is 6.63. The molecule has 0 aliphatic heterocycles. The number of hydrogen-bond acceptors (Lipinski definition) is 5. The van der Waals surface area contributed by atoms with Crippen LogP contribution in [0.3, 0.4) is 0 Å². The van der Waals surface area contributed by atoms with Gasteiger partial charge >= 0.3 is 5.97 Å². The number of aromatic nitrogens is 2. The molecule has 2 amide bonds. The molecule has 4 aromatic rings. The Morgan fingerprint density at radius 2 is 1.68 bits per heavy atom. The molecule has 0 bridgehead atoms. The number of nitrogens with one attached hydrogen (secondary N) is 2. The van der Waals surface area contributed by atoms with Crippen molar-refractivity contribution in [2.75, 3.05) is 6.61 Å².